The van der Waals surface area contributed by atoms with E-state index in [-0.39, 0.29) is 5.97 Å². The van der Waals surface area contributed by atoms with E-state index < -0.39 is 0 Å². The van der Waals surface area contributed by atoms with Gasteiger partial charge in [0, 0.05) is 37.2 Å². The first-order chi connectivity index (χ1) is 13.7. The lowest BCUT2D eigenvalue weighted by Crippen LogP contribution is -2.04. The van der Waals surface area contributed by atoms with Crippen LogP contribution in [0.4, 0.5) is 0 Å². The molecule has 0 N–H and O–H groups in total. The normalized spacial score (nSPS) is 11.0. The third-order valence-corrected chi connectivity index (χ3v) is 4.69. The minimum Gasteiger partial charge on any atom is -0.461 e. The van der Waals surface area contributed by atoms with Gasteiger partial charge in [-0.1, -0.05) is 57.2 Å². The van der Waals surface area contributed by atoms with Crippen molar-refractivity contribution in [2.75, 3.05) is 0 Å². The lowest BCUT2D eigenvalue weighted by molar-refractivity contribution is -0.145. The molecule has 0 amide bonds. The van der Waals surface area contributed by atoms with Crippen LogP contribution in [0.1, 0.15) is 96.0 Å². The summed E-state index contributed by atoms with van der Waals surface area (Å²) in [5, 5.41) is 0. The third-order valence-electron chi connectivity index (χ3n) is 4.69. The fourth-order valence-electron chi connectivity index (χ4n) is 2.96. The minimum atomic E-state index is -0.129. The molecule has 0 aromatic carbocycles. The molecule has 0 aliphatic rings. The van der Waals surface area contributed by atoms with E-state index >= 15 is 0 Å². The Bertz CT molecular complexity index is 554. The molecule has 4 nitrogen and oxygen atoms in total. The first kappa shape index (κ1) is 24.1. The van der Waals surface area contributed by atoms with Gasteiger partial charge in [0.2, 0.25) is 0 Å². The van der Waals surface area contributed by atoms with Crippen molar-refractivity contribution < 1.29 is 14.3 Å². The molecule has 1 heterocycles. The molecule has 0 saturated carbocycles. The second-order valence-corrected chi connectivity index (χ2v) is 7.33. The Labute approximate surface area is 170 Å². The Balaban J connectivity index is 1.87. The number of esters is 1. The van der Waals surface area contributed by atoms with Crippen LogP contribution in [0.15, 0.2) is 36.7 Å². The van der Waals surface area contributed by atoms with Gasteiger partial charge in [0.1, 0.15) is 12.4 Å². The van der Waals surface area contributed by atoms with Gasteiger partial charge in [-0.25, -0.2) is 0 Å². The lowest BCUT2D eigenvalue weighted by atomic mass is 10.1. The van der Waals surface area contributed by atoms with Gasteiger partial charge in [0.25, 0.3) is 0 Å². The Kier molecular flexibility index (Phi) is 14.7. The van der Waals surface area contributed by atoms with Crippen LogP contribution in [0.25, 0.3) is 0 Å². The Morgan fingerprint density at radius 3 is 2.46 bits per heavy atom. The van der Waals surface area contributed by atoms with Crippen molar-refractivity contribution >= 4 is 11.8 Å². The van der Waals surface area contributed by atoms with E-state index in [9.17, 15) is 9.59 Å². The van der Waals surface area contributed by atoms with Gasteiger partial charge in [-0.05, 0) is 38.2 Å². The van der Waals surface area contributed by atoms with Crippen LogP contribution < -0.4 is 0 Å². The van der Waals surface area contributed by atoms with E-state index in [0.29, 0.717) is 25.2 Å². The van der Waals surface area contributed by atoms with Gasteiger partial charge in [0.05, 0.1) is 0 Å². The van der Waals surface area contributed by atoms with E-state index in [2.05, 4.69) is 24.1 Å². The number of ether oxygens (including phenoxy) is 1. The van der Waals surface area contributed by atoms with E-state index in [1.165, 1.54) is 19.3 Å². The number of allylic oxidation sites excluding steroid dienone is 2. The highest BCUT2D eigenvalue weighted by Gasteiger charge is 2.03. The largest absolute Gasteiger partial charge is 0.461 e. The minimum absolute atomic E-state index is 0.129. The predicted octanol–water partition coefficient (Wildman–Crippen LogP) is 6.34. The Morgan fingerprint density at radius 1 is 0.929 bits per heavy atom. The number of ketones is 1. The number of carbonyl (C=O) groups excluding carboxylic acids is 2. The standard InChI is InChI=1S/C24H37NO3/c1-2-3-11-16-23(26)17-12-9-7-5-4-6-8-10-13-18-24(27)28-21-22-15-14-19-25-20-22/h7,9,14-15,19-20H,2-6,8,10-13,16-18,21H2,1H3/b9-7-. The molecule has 4 heteroatoms. The Hall–Kier alpha value is -1.97. The summed E-state index contributed by atoms with van der Waals surface area (Å²) in [7, 11) is 0. The number of Topliss-reactive ketones (excluding diaryl/α,β-unsaturated/α-hetero) is 1. The van der Waals surface area contributed by atoms with Crippen molar-refractivity contribution in [3.8, 4) is 0 Å². The van der Waals surface area contributed by atoms with Crippen LogP contribution in [0.3, 0.4) is 0 Å². The first-order valence-electron chi connectivity index (χ1n) is 10.9. The number of rotatable bonds is 17. The van der Waals surface area contributed by atoms with E-state index in [0.717, 1.165) is 56.9 Å². The molecule has 0 atom stereocenters. The molecule has 1 rings (SSSR count). The van der Waals surface area contributed by atoms with E-state index in [1.54, 1.807) is 12.4 Å². The molecule has 0 radical (unpaired) electrons. The fraction of sp³-hybridized carbons (Fsp3) is 0.625. The maximum atomic E-state index is 11.7. The molecule has 0 unspecified atom stereocenters. The highest BCUT2D eigenvalue weighted by Crippen LogP contribution is 2.10. The van der Waals surface area contributed by atoms with Gasteiger partial charge in [-0.3, -0.25) is 14.6 Å². The molecule has 0 spiro atoms. The van der Waals surface area contributed by atoms with Crippen LogP contribution in [-0.2, 0) is 20.9 Å². The van der Waals surface area contributed by atoms with Gasteiger partial charge in [-0.2, -0.15) is 0 Å². The molecule has 0 saturated heterocycles. The average Bonchev–Trinajstić information content (AvgIpc) is 2.71. The highest BCUT2D eigenvalue weighted by atomic mass is 16.5. The average molecular weight is 388 g/mol. The fourth-order valence-corrected chi connectivity index (χ4v) is 2.96. The summed E-state index contributed by atoms with van der Waals surface area (Å²) in [6, 6.07) is 3.74. The summed E-state index contributed by atoms with van der Waals surface area (Å²) in [5.74, 6) is 0.271. The van der Waals surface area contributed by atoms with E-state index in [4.69, 9.17) is 4.74 Å². The molecule has 0 fully saturated rings. The van der Waals surface area contributed by atoms with Crippen LogP contribution >= 0.6 is 0 Å². The third kappa shape index (κ3) is 14.1. The van der Waals surface area contributed by atoms with Crippen LogP contribution in [0.2, 0.25) is 0 Å². The predicted molar refractivity (Wildman–Crippen MR) is 114 cm³/mol. The van der Waals surface area contributed by atoms with Gasteiger partial charge >= 0.3 is 5.97 Å². The number of hydrogen-bond acceptors (Lipinski definition) is 4. The quantitative estimate of drug-likeness (QED) is 0.178. The summed E-state index contributed by atoms with van der Waals surface area (Å²) in [4.78, 5) is 27.3. The molecule has 1 aromatic rings. The monoisotopic (exact) mass is 387 g/mol. The molecule has 0 bridgehead atoms. The number of carbonyl (C=O) groups is 2. The van der Waals surface area contributed by atoms with Crippen molar-refractivity contribution in [2.24, 2.45) is 0 Å². The number of hydrogen-bond donors (Lipinski definition) is 0. The van der Waals surface area contributed by atoms with Crippen molar-refractivity contribution in [3.05, 3.63) is 42.2 Å². The van der Waals surface area contributed by atoms with Crippen LogP contribution in [0.5, 0.6) is 0 Å². The van der Waals surface area contributed by atoms with Gasteiger partial charge < -0.3 is 4.74 Å². The summed E-state index contributed by atoms with van der Waals surface area (Å²) in [5.41, 5.74) is 0.921. The molecular weight excluding hydrogens is 350 g/mol. The number of aromatic nitrogens is 1. The van der Waals surface area contributed by atoms with Crippen molar-refractivity contribution in [2.45, 2.75) is 97.0 Å². The van der Waals surface area contributed by atoms with Crippen LogP contribution in [0, 0.1) is 0 Å². The smallest absolute Gasteiger partial charge is 0.306 e. The molecule has 0 aliphatic carbocycles. The number of pyridine rings is 1. The number of unbranched alkanes of at least 4 members (excludes halogenated alkanes) is 7. The number of nitrogens with zero attached hydrogens (tertiary/aromatic N) is 1. The van der Waals surface area contributed by atoms with E-state index in [1.807, 2.05) is 12.1 Å². The second kappa shape index (κ2) is 17.2. The topological polar surface area (TPSA) is 56.3 Å². The molecule has 28 heavy (non-hydrogen) atoms. The molecule has 156 valence electrons. The summed E-state index contributed by atoms with van der Waals surface area (Å²) < 4.78 is 5.24. The zero-order chi connectivity index (χ0) is 20.3. The first-order valence-corrected chi connectivity index (χ1v) is 10.9. The molecule has 0 aliphatic heterocycles. The van der Waals surface area contributed by atoms with Crippen molar-refractivity contribution in [3.63, 3.8) is 0 Å². The summed E-state index contributed by atoms with van der Waals surface area (Å²) in [6.45, 7) is 2.47. The Morgan fingerprint density at radius 2 is 1.68 bits per heavy atom. The maximum absolute atomic E-state index is 11.7. The maximum Gasteiger partial charge on any atom is 0.306 e. The zero-order valence-electron chi connectivity index (χ0n) is 17.5. The van der Waals surface area contributed by atoms with Crippen LogP contribution in [-0.4, -0.2) is 16.7 Å². The zero-order valence-corrected chi connectivity index (χ0v) is 17.5. The van der Waals surface area contributed by atoms with Gasteiger partial charge in [0.15, 0.2) is 0 Å². The summed E-state index contributed by atoms with van der Waals surface area (Å²) >= 11 is 0. The van der Waals surface area contributed by atoms with Gasteiger partial charge in [-0.15, -0.1) is 0 Å². The van der Waals surface area contributed by atoms with Crippen molar-refractivity contribution in [1.82, 2.24) is 4.98 Å². The second-order valence-electron chi connectivity index (χ2n) is 7.33. The highest BCUT2D eigenvalue weighted by molar-refractivity contribution is 5.78. The summed E-state index contributed by atoms with van der Waals surface area (Å²) in [6.07, 6.45) is 20.5. The molecular formula is C24H37NO3. The molecule has 1 aromatic heterocycles. The van der Waals surface area contributed by atoms with Crippen molar-refractivity contribution in [1.29, 1.82) is 0 Å². The lowest BCUT2D eigenvalue weighted by Gasteiger charge is -2.04. The SMILES string of the molecule is CCCCCC(=O)CC/C=C\CCCCCCCC(=O)OCc1cccnc1.